The number of amides is 1. The SMILES string of the molecule is Cc1ccc(OCCC(=O)OCC(=O)N(Cc2ccccc2)C(C)C)cc1. The highest BCUT2D eigenvalue weighted by atomic mass is 16.5. The van der Waals surface area contributed by atoms with Gasteiger partial charge in [0.25, 0.3) is 5.91 Å². The van der Waals surface area contributed by atoms with Crippen molar-refractivity contribution in [1.82, 2.24) is 4.90 Å². The summed E-state index contributed by atoms with van der Waals surface area (Å²) in [5, 5.41) is 0. The number of aryl methyl sites for hydroxylation is 1. The van der Waals surface area contributed by atoms with Gasteiger partial charge in [0.05, 0.1) is 13.0 Å². The van der Waals surface area contributed by atoms with Crippen molar-refractivity contribution in [2.24, 2.45) is 0 Å². The molecule has 0 heterocycles. The van der Waals surface area contributed by atoms with Crippen LogP contribution in [0.5, 0.6) is 5.75 Å². The summed E-state index contributed by atoms with van der Waals surface area (Å²) < 4.78 is 10.6. The molecule has 0 aliphatic heterocycles. The maximum Gasteiger partial charge on any atom is 0.309 e. The number of hydrogen-bond acceptors (Lipinski definition) is 4. The smallest absolute Gasteiger partial charge is 0.309 e. The summed E-state index contributed by atoms with van der Waals surface area (Å²) in [5.74, 6) is 0.0545. The molecule has 0 unspecified atom stereocenters. The maximum absolute atomic E-state index is 12.4. The molecule has 5 heteroatoms. The van der Waals surface area contributed by atoms with E-state index < -0.39 is 5.97 Å². The highest BCUT2D eigenvalue weighted by Gasteiger charge is 2.19. The average molecular weight is 369 g/mol. The van der Waals surface area contributed by atoms with E-state index in [2.05, 4.69) is 0 Å². The first kappa shape index (κ1) is 20.5. The Bertz CT molecular complexity index is 726. The monoisotopic (exact) mass is 369 g/mol. The fourth-order valence-corrected chi connectivity index (χ4v) is 2.52. The summed E-state index contributed by atoms with van der Waals surface area (Å²) in [7, 11) is 0. The number of esters is 1. The lowest BCUT2D eigenvalue weighted by Crippen LogP contribution is -2.39. The highest BCUT2D eigenvalue weighted by molar-refractivity contribution is 5.80. The lowest BCUT2D eigenvalue weighted by Gasteiger charge is -2.26. The van der Waals surface area contributed by atoms with Gasteiger partial charge in [0.1, 0.15) is 5.75 Å². The summed E-state index contributed by atoms with van der Waals surface area (Å²) in [6, 6.07) is 17.4. The van der Waals surface area contributed by atoms with Gasteiger partial charge in [-0.3, -0.25) is 9.59 Å². The predicted octanol–water partition coefficient (Wildman–Crippen LogP) is 3.74. The predicted molar refractivity (Wildman–Crippen MR) is 104 cm³/mol. The molecule has 0 N–H and O–H groups in total. The lowest BCUT2D eigenvalue weighted by atomic mass is 10.2. The normalized spacial score (nSPS) is 10.5. The van der Waals surface area contributed by atoms with Crippen LogP contribution < -0.4 is 4.74 Å². The van der Waals surface area contributed by atoms with Crippen molar-refractivity contribution >= 4 is 11.9 Å². The van der Waals surface area contributed by atoms with Crippen molar-refractivity contribution in [2.45, 2.75) is 39.8 Å². The fourth-order valence-electron chi connectivity index (χ4n) is 2.52. The molecule has 0 atom stereocenters. The van der Waals surface area contributed by atoms with E-state index in [1.165, 1.54) is 0 Å². The number of hydrogen-bond donors (Lipinski definition) is 0. The van der Waals surface area contributed by atoms with Gasteiger partial charge in [-0.25, -0.2) is 0 Å². The summed E-state index contributed by atoms with van der Waals surface area (Å²) in [4.78, 5) is 26.0. The van der Waals surface area contributed by atoms with Crippen LogP contribution in [0, 0.1) is 6.92 Å². The topological polar surface area (TPSA) is 55.8 Å². The quantitative estimate of drug-likeness (QED) is 0.632. The Hall–Kier alpha value is -2.82. The molecular weight excluding hydrogens is 342 g/mol. The van der Waals surface area contributed by atoms with E-state index >= 15 is 0 Å². The maximum atomic E-state index is 12.4. The zero-order valence-electron chi connectivity index (χ0n) is 16.2. The Morgan fingerprint density at radius 2 is 1.67 bits per heavy atom. The fraction of sp³-hybridized carbons (Fsp3) is 0.364. The number of benzene rings is 2. The van der Waals surface area contributed by atoms with E-state index in [1.807, 2.05) is 75.4 Å². The van der Waals surface area contributed by atoms with Gasteiger partial charge in [0.2, 0.25) is 0 Å². The molecule has 0 aliphatic rings. The minimum absolute atomic E-state index is 0.0151. The van der Waals surface area contributed by atoms with Gasteiger partial charge in [-0.05, 0) is 38.5 Å². The lowest BCUT2D eigenvalue weighted by molar-refractivity contribution is -0.153. The molecule has 5 nitrogen and oxygen atoms in total. The second-order valence-corrected chi connectivity index (χ2v) is 6.67. The van der Waals surface area contributed by atoms with Gasteiger partial charge in [-0.1, -0.05) is 48.0 Å². The third-order valence-electron chi connectivity index (χ3n) is 4.09. The van der Waals surface area contributed by atoms with E-state index in [0.717, 1.165) is 11.1 Å². The van der Waals surface area contributed by atoms with Crippen molar-refractivity contribution in [1.29, 1.82) is 0 Å². The number of nitrogens with zero attached hydrogens (tertiary/aromatic N) is 1. The first-order chi connectivity index (χ1) is 13.0. The van der Waals surface area contributed by atoms with Crippen molar-refractivity contribution in [3.05, 3.63) is 65.7 Å². The molecule has 27 heavy (non-hydrogen) atoms. The molecule has 2 aromatic carbocycles. The van der Waals surface area contributed by atoms with Crippen LogP contribution in [0.25, 0.3) is 0 Å². The van der Waals surface area contributed by atoms with E-state index in [1.54, 1.807) is 4.90 Å². The zero-order valence-corrected chi connectivity index (χ0v) is 16.2. The van der Waals surface area contributed by atoms with Gasteiger partial charge in [-0.15, -0.1) is 0 Å². The van der Waals surface area contributed by atoms with E-state index in [0.29, 0.717) is 12.3 Å². The number of carbonyl (C=O) groups excluding carboxylic acids is 2. The van der Waals surface area contributed by atoms with Crippen molar-refractivity contribution in [2.75, 3.05) is 13.2 Å². The van der Waals surface area contributed by atoms with Gasteiger partial charge in [0.15, 0.2) is 6.61 Å². The Balaban J connectivity index is 1.75. The summed E-state index contributed by atoms with van der Waals surface area (Å²) in [5.41, 5.74) is 2.18. The molecule has 1 amide bonds. The second kappa shape index (κ2) is 10.4. The van der Waals surface area contributed by atoms with Gasteiger partial charge < -0.3 is 14.4 Å². The average Bonchev–Trinajstić information content (AvgIpc) is 2.66. The minimum atomic E-state index is -0.445. The Morgan fingerprint density at radius 3 is 2.30 bits per heavy atom. The molecule has 0 saturated carbocycles. The van der Waals surface area contributed by atoms with Crippen LogP contribution in [0.4, 0.5) is 0 Å². The van der Waals surface area contributed by atoms with Crippen LogP contribution in [0.3, 0.4) is 0 Å². The number of carbonyl (C=O) groups is 2. The molecule has 0 fully saturated rings. The van der Waals surface area contributed by atoms with Crippen LogP contribution in [0.15, 0.2) is 54.6 Å². The standard InChI is InChI=1S/C22H27NO4/c1-17(2)23(15-19-7-5-4-6-8-19)21(24)16-27-22(25)13-14-26-20-11-9-18(3)10-12-20/h4-12,17H,13-16H2,1-3H3. The third kappa shape index (κ3) is 7.13. The van der Waals surface area contributed by atoms with Crippen LogP contribution in [0.2, 0.25) is 0 Å². The molecule has 0 aliphatic carbocycles. The van der Waals surface area contributed by atoms with Crippen molar-refractivity contribution < 1.29 is 19.1 Å². The van der Waals surface area contributed by atoms with Gasteiger partial charge in [-0.2, -0.15) is 0 Å². The molecule has 0 bridgehead atoms. The zero-order chi connectivity index (χ0) is 19.6. The highest BCUT2D eigenvalue weighted by Crippen LogP contribution is 2.12. The molecule has 0 saturated heterocycles. The van der Waals surface area contributed by atoms with Crippen LogP contribution >= 0.6 is 0 Å². The van der Waals surface area contributed by atoms with Crippen LogP contribution in [-0.2, 0) is 20.9 Å². The third-order valence-corrected chi connectivity index (χ3v) is 4.09. The van der Waals surface area contributed by atoms with Crippen molar-refractivity contribution in [3.63, 3.8) is 0 Å². The van der Waals surface area contributed by atoms with E-state index in [9.17, 15) is 9.59 Å². The number of ether oxygens (including phenoxy) is 2. The Labute approximate surface area is 160 Å². The molecular formula is C22H27NO4. The van der Waals surface area contributed by atoms with E-state index in [4.69, 9.17) is 9.47 Å². The summed E-state index contributed by atoms with van der Waals surface area (Å²) >= 11 is 0. The van der Waals surface area contributed by atoms with Crippen LogP contribution in [0.1, 0.15) is 31.4 Å². The number of rotatable bonds is 9. The van der Waals surface area contributed by atoms with Gasteiger partial charge in [0, 0.05) is 12.6 Å². The Kier molecular flexibility index (Phi) is 7.86. The molecule has 2 rings (SSSR count). The van der Waals surface area contributed by atoms with Crippen molar-refractivity contribution in [3.8, 4) is 5.75 Å². The summed E-state index contributed by atoms with van der Waals surface area (Å²) in [6.45, 7) is 6.33. The molecule has 2 aromatic rings. The van der Waals surface area contributed by atoms with E-state index in [-0.39, 0.29) is 31.6 Å². The van der Waals surface area contributed by atoms with Gasteiger partial charge >= 0.3 is 5.97 Å². The molecule has 0 radical (unpaired) electrons. The molecule has 144 valence electrons. The second-order valence-electron chi connectivity index (χ2n) is 6.67. The Morgan fingerprint density at radius 1 is 1.00 bits per heavy atom. The van der Waals surface area contributed by atoms with Crippen LogP contribution in [-0.4, -0.2) is 36.0 Å². The largest absolute Gasteiger partial charge is 0.493 e. The molecule has 0 spiro atoms. The minimum Gasteiger partial charge on any atom is -0.493 e. The first-order valence-corrected chi connectivity index (χ1v) is 9.14. The first-order valence-electron chi connectivity index (χ1n) is 9.14. The molecule has 0 aromatic heterocycles. The summed E-state index contributed by atoms with van der Waals surface area (Å²) in [6.07, 6.45) is 0.0987.